The summed E-state index contributed by atoms with van der Waals surface area (Å²) in [5, 5.41) is 11.7. The Hall–Kier alpha value is -4.66. The van der Waals surface area contributed by atoms with Gasteiger partial charge in [0.15, 0.2) is 5.69 Å². The SMILES string of the molecule is C#CCC(C(=O)NC(C=CC(=O)OC1CCC1)CC1CCNC1=O)n1cccc(NC(=O)c2cc(C)on2)c1=O. The van der Waals surface area contributed by atoms with Crippen LogP contribution in [0.1, 0.15) is 60.8 Å². The first-order chi connectivity index (χ1) is 19.2. The Balaban J connectivity index is 1.52. The first kappa shape index (κ1) is 28.4. The molecule has 1 saturated carbocycles. The van der Waals surface area contributed by atoms with Crippen molar-refractivity contribution >= 4 is 29.4 Å². The lowest BCUT2D eigenvalue weighted by Crippen LogP contribution is -2.43. The Morgan fingerprint density at radius 1 is 1.32 bits per heavy atom. The third kappa shape index (κ3) is 7.05. The molecule has 2 aliphatic rings. The standard InChI is InChI=1S/C28H31N5O7/c1-3-6-23(33-14-5-9-21(28(33)38)31-26(36)22-15-17(2)40-32-22)27(37)30-19(16-18-12-13-29-25(18)35)10-11-24(34)39-20-7-4-8-20/h1,5,9-11,14-15,18-20,23H,4,6-8,12-13,16H2,2H3,(H,29,35)(H,30,37)(H,31,36). The van der Waals surface area contributed by atoms with Crippen molar-refractivity contribution in [1.82, 2.24) is 20.4 Å². The molecule has 1 aliphatic heterocycles. The first-order valence-corrected chi connectivity index (χ1v) is 13.1. The smallest absolute Gasteiger partial charge is 0.330 e. The van der Waals surface area contributed by atoms with Gasteiger partial charge in [-0.05, 0) is 51.2 Å². The van der Waals surface area contributed by atoms with E-state index in [1.807, 2.05) is 0 Å². The molecule has 0 radical (unpaired) electrons. The maximum absolute atomic E-state index is 13.5. The molecule has 2 fully saturated rings. The summed E-state index contributed by atoms with van der Waals surface area (Å²) in [6.45, 7) is 2.15. The zero-order valence-electron chi connectivity index (χ0n) is 22.1. The predicted octanol–water partition coefficient (Wildman–Crippen LogP) is 1.62. The summed E-state index contributed by atoms with van der Waals surface area (Å²) in [6, 6.07) is 2.49. The van der Waals surface area contributed by atoms with E-state index in [2.05, 4.69) is 27.0 Å². The van der Waals surface area contributed by atoms with E-state index in [0.717, 1.165) is 23.8 Å². The van der Waals surface area contributed by atoms with Gasteiger partial charge in [0.1, 0.15) is 23.6 Å². The van der Waals surface area contributed by atoms with Crippen LogP contribution in [0.15, 0.2) is 45.9 Å². The molecule has 1 aliphatic carbocycles. The van der Waals surface area contributed by atoms with Crippen LogP contribution in [0.5, 0.6) is 0 Å². The molecule has 3 atom stereocenters. The second-order valence-corrected chi connectivity index (χ2v) is 9.81. The number of hydrogen-bond donors (Lipinski definition) is 3. The summed E-state index contributed by atoms with van der Waals surface area (Å²) in [6.07, 6.45) is 12.9. The monoisotopic (exact) mass is 549 g/mol. The molecule has 210 valence electrons. The van der Waals surface area contributed by atoms with Gasteiger partial charge in [0.05, 0.1) is 0 Å². The van der Waals surface area contributed by atoms with Gasteiger partial charge in [-0.3, -0.25) is 19.2 Å². The van der Waals surface area contributed by atoms with Crippen LogP contribution in [0, 0.1) is 25.2 Å². The summed E-state index contributed by atoms with van der Waals surface area (Å²) in [4.78, 5) is 63.7. The van der Waals surface area contributed by atoms with Crippen LogP contribution in [-0.2, 0) is 19.1 Å². The van der Waals surface area contributed by atoms with E-state index in [1.165, 1.54) is 36.5 Å². The van der Waals surface area contributed by atoms with E-state index in [-0.39, 0.29) is 42.2 Å². The number of hydrogen-bond acceptors (Lipinski definition) is 8. The number of esters is 1. The van der Waals surface area contributed by atoms with Crippen LogP contribution in [0.25, 0.3) is 0 Å². The number of carbonyl (C=O) groups excluding carboxylic acids is 4. The topological polar surface area (TPSA) is 162 Å². The highest BCUT2D eigenvalue weighted by Gasteiger charge is 2.30. The van der Waals surface area contributed by atoms with Crippen molar-refractivity contribution < 1.29 is 28.4 Å². The van der Waals surface area contributed by atoms with Gasteiger partial charge in [-0.1, -0.05) is 11.2 Å². The van der Waals surface area contributed by atoms with E-state index in [4.69, 9.17) is 15.7 Å². The summed E-state index contributed by atoms with van der Waals surface area (Å²) in [5.74, 6) is 0.586. The van der Waals surface area contributed by atoms with Crippen molar-refractivity contribution in [3.05, 3.63) is 58.4 Å². The number of aromatic nitrogens is 2. The molecule has 12 heteroatoms. The van der Waals surface area contributed by atoms with E-state index in [0.29, 0.717) is 18.7 Å². The average molecular weight is 550 g/mol. The van der Waals surface area contributed by atoms with Gasteiger partial charge in [0.25, 0.3) is 11.5 Å². The normalized spacial score (nSPS) is 18.3. The van der Waals surface area contributed by atoms with Crippen LogP contribution in [0.2, 0.25) is 0 Å². The Bertz CT molecular complexity index is 1400. The molecule has 40 heavy (non-hydrogen) atoms. The van der Waals surface area contributed by atoms with E-state index in [9.17, 15) is 24.0 Å². The van der Waals surface area contributed by atoms with Gasteiger partial charge in [0, 0.05) is 43.3 Å². The number of amides is 3. The maximum atomic E-state index is 13.5. The third-order valence-electron chi connectivity index (χ3n) is 6.86. The fraction of sp³-hybridized carbons (Fsp3) is 0.429. The molecule has 3 unspecified atom stereocenters. The highest BCUT2D eigenvalue weighted by atomic mass is 16.5. The molecule has 3 N–H and O–H groups in total. The maximum Gasteiger partial charge on any atom is 0.330 e. The highest BCUT2D eigenvalue weighted by Crippen LogP contribution is 2.22. The zero-order valence-corrected chi connectivity index (χ0v) is 22.1. The Morgan fingerprint density at radius 3 is 2.75 bits per heavy atom. The molecule has 3 amide bonds. The zero-order chi connectivity index (χ0) is 28.6. The molecule has 3 heterocycles. The van der Waals surface area contributed by atoms with Crippen molar-refractivity contribution in [2.24, 2.45) is 5.92 Å². The van der Waals surface area contributed by atoms with E-state index >= 15 is 0 Å². The van der Waals surface area contributed by atoms with E-state index < -0.39 is 35.4 Å². The summed E-state index contributed by atoms with van der Waals surface area (Å²) >= 11 is 0. The van der Waals surface area contributed by atoms with Crippen molar-refractivity contribution in [2.75, 3.05) is 11.9 Å². The van der Waals surface area contributed by atoms with Gasteiger partial charge < -0.3 is 29.8 Å². The number of ether oxygens (including phenoxy) is 1. The van der Waals surface area contributed by atoms with Gasteiger partial charge in [0.2, 0.25) is 11.8 Å². The molecule has 2 aromatic heterocycles. The summed E-state index contributed by atoms with van der Waals surface area (Å²) in [7, 11) is 0. The molecule has 1 saturated heterocycles. The lowest BCUT2D eigenvalue weighted by atomic mass is 9.96. The fourth-order valence-electron chi connectivity index (χ4n) is 4.47. The second-order valence-electron chi connectivity index (χ2n) is 9.81. The Labute approximate surface area is 230 Å². The van der Waals surface area contributed by atoms with Crippen LogP contribution >= 0.6 is 0 Å². The number of pyridine rings is 1. The number of rotatable bonds is 11. The quantitative estimate of drug-likeness (QED) is 0.216. The minimum atomic E-state index is -1.13. The number of nitrogens with one attached hydrogen (secondary N) is 3. The summed E-state index contributed by atoms with van der Waals surface area (Å²) in [5.41, 5.74) is -0.745. The van der Waals surface area contributed by atoms with Crippen LogP contribution in [0.3, 0.4) is 0 Å². The summed E-state index contributed by atoms with van der Waals surface area (Å²) < 4.78 is 11.4. The van der Waals surface area contributed by atoms with Gasteiger partial charge in [-0.25, -0.2) is 4.79 Å². The molecule has 12 nitrogen and oxygen atoms in total. The molecular formula is C28H31N5O7. The van der Waals surface area contributed by atoms with Crippen LogP contribution < -0.4 is 21.5 Å². The molecule has 2 aromatic rings. The van der Waals surface area contributed by atoms with Gasteiger partial charge in [-0.15, -0.1) is 12.3 Å². The molecule has 0 bridgehead atoms. The average Bonchev–Trinajstić information content (AvgIpc) is 3.52. The largest absolute Gasteiger partial charge is 0.459 e. The number of nitrogens with zero attached hydrogens (tertiary/aromatic N) is 2. The number of aryl methyl sites for hydroxylation is 1. The van der Waals surface area contributed by atoms with Crippen molar-refractivity contribution in [1.29, 1.82) is 0 Å². The number of carbonyl (C=O) groups is 4. The molecule has 0 aromatic carbocycles. The van der Waals surface area contributed by atoms with Crippen LogP contribution in [0.4, 0.5) is 5.69 Å². The third-order valence-corrected chi connectivity index (χ3v) is 6.86. The second kappa shape index (κ2) is 12.9. The fourth-order valence-corrected chi connectivity index (χ4v) is 4.47. The predicted molar refractivity (Wildman–Crippen MR) is 143 cm³/mol. The van der Waals surface area contributed by atoms with Crippen molar-refractivity contribution in [2.45, 2.75) is 63.6 Å². The van der Waals surface area contributed by atoms with Crippen LogP contribution in [-0.4, -0.2) is 52.1 Å². The Morgan fingerprint density at radius 2 is 2.12 bits per heavy atom. The number of terminal acetylenes is 1. The lowest BCUT2D eigenvalue weighted by Gasteiger charge is -2.25. The van der Waals surface area contributed by atoms with E-state index in [1.54, 1.807) is 6.92 Å². The highest BCUT2D eigenvalue weighted by molar-refractivity contribution is 6.02. The van der Waals surface area contributed by atoms with Gasteiger partial charge >= 0.3 is 5.97 Å². The molecule has 4 rings (SSSR count). The first-order valence-electron chi connectivity index (χ1n) is 13.1. The number of anilines is 1. The minimum absolute atomic E-state index is 0.00775. The van der Waals surface area contributed by atoms with Crippen molar-refractivity contribution in [3.8, 4) is 12.3 Å². The molecule has 0 spiro atoms. The van der Waals surface area contributed by atoms with Crippen molar-refractivity contribution in [3.63, 3.8) is 0 Å². The molecular weight excluding hydrogens is 518 g/mol. The van der Waals surface area contributed by atoms with Gasteiger partial charge in [-0.2, -0.15) is 0 Å². The Kier molecular flexibility index (Phi) is 9.16. The minimum Gasteiger partial charge on any atom is -0.459 e. The lowest BCUT2D eigenvalue weighted by molar-refractivity contribution is -0.146.